The van der Waals surface area contributed by atoms with Gasteiger partial charge in [-0.25, -0.2) is 4.79 Å². The van der Waals surface area contributed by atoms with E-state index >= 15 is 0 Å². The van der Waals surface area contributed by atoms with Crippen LogP contribution in [0.25, 0.3) is 0 Å². The summed E-state index contributed by atoms with van der Waals surface area (Å²) >= 11 is 0. The number of carbonyl (C=O) groups excluding carboxylic acids is 2. The fraction of sp³-hybridized carbons (Fsp3) is 0.316. The van der Waals surface area contributed by atoms with E-state index in [2.05, 4.69) is 10.3 Å². The van der Waals surface area contributed by atoms with Crippen LogP contribution in [0.4, 0.5) is 0 Å². The molecule has 1 aromatic heterocycles. The highest BCUT2D eigenvalue weighted by atomic mass is 16.5. The number of carboxylic acids is 1. The zero-order valence-electron chi connectivity index (χ0n) is 14.6. The predicted molar refractivity (Wildman–Crippen MR) is 93.6 cm³/mol. The molecule has 1 aromatic carbocycles. The second-order valence-corrected chi connectivity index (χ2v) is 6.27. The smallest absolute Gasteiger partial charge is 0.330 e. The molecule has 1 aliphatic carbocycles. The first-order valence-corrected chi connectivity index (χ1v) is 8.34. The van der Waals surface area contributed by atoms with Crippen molar-refractivity contribution >= 4 is 17.7 Å². The Balaban J connectivity index is 1.87. The van der Waals surface area contributed by atoms with E-state index in [0.717, 1.165) is 12.1 Å². The number of carbonyl (C=O) groups is 3. The summed E-state index contributed by atoms with van der Waals surface area (Å²) in [6.07, 6.45) is 1.92. The molecule has 1 aliphatic rings. The molecule has 0 bridgehead atoms. The zero-order chi connectivity index (χ0) is 18.8. The summed E-state index contributed by atoms with van der Waals surface area (Å²) < 4.78 is 5.06. The molecule has 2 aromatic rings. The number of aryl methyl sites for hydroxylation is 1. The van der Waals surface area contributed by atoms with Gasteiger partial charge >= 0.3 is 5.97 Å². The Bertz CT molecular complexity index is 867. The largest absolute Gasteiger partial charge is 0.497 e. The quantitative estimate of drug-likeness (QED) is 0.762. The van der Waals surface area contributed by atoms with Gasteiger partial charge < -0.3 is 20.1 Å². The third-order valence-electron chi connectivity index (χ3n) is 4.64. The average Bonchev–Trinajstić information content (AvgIpc) is 2.97. The lowest BCUT2D eigenvalue weighted by Gasteiger charge is -2.15. The highest BCUT2D eigenvalue weighted by Gasteiger charge is 2.29. The Morgan fingerprint density at radius 1 is 1.23 bits per heavy atom. The summed E-state index contributed by atoms with van der Waals surface area (Å²) in [5.74, 6) is -1.11. The molecule has 0 saturated heterocycles. The SMILES string of the molecule is COc1ccc(C(NC(=O)c2[nH]c3c(c2C)C(=O)CCC3)C(=O)O)cc1. The van der Waals surface area contributed by atoms with Crippen molar-refractivity contribution in [1.82, 2.24) is 10.3 Å². The molecule has 26 heavy (non-hydrogen) atoms. The van der Waals surface area contributed by atoms with E-state index in [1.165, 1.54) is 7.11 Å². The number of aromatic amines is 1. The van der Waals surface area contributed by atoms with Gasteiger partial charge in [0.1, 0.15) is 11.4 Å². The number of hydrogen-bond acceptors (Lipinski definition) is 4. The third kappa shape index (κ3) is 3.20. The van der Waals surface area contributed by atoms with Gasteiger partial charge in [-0.15, -0.1) is 0 Å². The molecule has 0 radical (unpaired) electrons. The van der Waals surface area contributed by atoms with Gasteiger partial charge in [0.25, 0.3) is 5.91 Å². The maximum atomic E-state index is 12.7. The van der Waals surface area contributed by atoms with E-state index < -0.39 is 17.9 Å². The number of amides is 1. The first-order valence-electron chi connectivity index (χ1n) is 8.34. The van der Waals surface area contributed by atoms with Crippen molar-refractivity contribution in [3.05, 3.63) is 52.3 Å². The van der Waals surface area contributed by atoms with Crippen LogP contribution in [0.15, 0.2) is 24.3 Å². The zero-order valence-corrected chi connectivity index (χ0v) is 14.6. The fourth-order valence-corrected chi connectivity index (χ4v) is 3.29. The molecule has 1 heterocycles. The van der Waals surface area contributed by atoms with Crippen molar-refractivity contribution in [2.75, 3.05) is 7.11 Å². The summed E-state index contributed by atoms with van der Waals surface area (Å²) in [7, 11) is 1.52. The van der Waals surface area contributed by atoms with Gasteiger partial charge in [-0.2, -0.15) is 0 Å². The molecular weight excluding hydrogens is 336 g/mol. The molecule has 0 aliphatic heterocycles. The summed E-state index contributed by atoms with van der Waals surface area (Å²) in [5.41, 5.74) is 2.56. The second-order valence-electron chi connectivity index (χ2n) is 6.27. The molecule has 3 N–H and O–H groups in total. The van der Waals surface area contributed by atoms with Crippen LogP contribution in [0.3, 0.4) is 0 Å². The van der Waals surface area contributed by atoms with Crippen LogP contribution in [-0.2, 0) is 11.2 Å². The maximum Gasteiger partial charge on any atom is 0.330 e. The molecule has 136 valence electrons. The van der Waals surface area contributed by atoms with Gasteiger partial charge in [0.15, 0.2) is 11.8 Å². The number of methoxy groups -OCH3 is 1. The highest BCUT2D eigenvalue weighted by Crippen LogP contribution is 2.27. The lowest BCUT2D eigenvalue weighted by atomic mass is 9.94. The number of Topliss-reactive ketones (excluding diaryl/α,β-unsaturated/α-hetero) is 1. The van der Waals surface area contributed by atoms with Gasteiger partial charge in [0.05, 0.1) is 7.11 Å². The van der Waals surface area contributed by atoms with Gasteiger partial charge in [0, 0.05) is 17.7 Å². The Kier molecular flexibility index (Phi) is 4.79. The van der Waals surface area contributed by atoms with Crippen LogP contribution in [0.1, 0.15) is 56.6 Å². The number of ketones is 1. The predicted octanol–water partition coefficient (Wildman–Crippen LogP) is 2.41. The topological polar surface area (TPSA) is 108 Å². The second kappa shape index (κ2) is 7.03. The Hall–Kier alpha value is -3.09. The van der Waals surface area contributed by atoms with E-state index in [1.54, 1.807) is 31.2 Å². The molecule has 1 amide bonds. The van der Waals surface area contributed by atoms with Crippen LogP contribution in [0.5, 0.6) is 5.75 Å². The molecule has 0 spiro atoms. The average molecular weight is 356 g/mol. The number of nitrogens with one attached hydrogen (secondary N) is 2. The van der Waals surface area contributed by atoms with E-state index in [9.17, 15) is 19.5 Å². The standard InChI is InChI=1S/C19H20N2O5/c1-10-15-13(4-3-5-14(15)22)20-16(10)18(23)21-17(19(24)25)11-6-8-12(26-2)9-7-11/h6-9,17,20H,3-5H2,1-2H3,(H,21,23)(H,24,25). The van der Waals surface area contributed by atoms with E-state index in [-0.39, 0.29) is 11.5 Å². The Morgan fingerprint density at radius 3 is 2.50 bits per heavy atom. The van der Waals surface area contributed by atoms with Crippen LogP contribution in [0, 0.1) is 6.92 Å². The number of carboxylic acid groups (broad SMARTS) is 1. The molecular formula is C19H20N2O5. The number of hydrogen-bond donors (Lipinski definition) is 3. The van der Waals surface area contributed by atoms with Crippen LogP contribution >= 0.6 is 0 Å². The van der Waals surface area contributed by atoms with Gasteiger partial charge in [-0.1, -0.05) is 12.1 Å². The number of aromatic nitrogens is 1. The van der Waals surface area contributed by atoms with E-state index in [1.807, 2.05) is 0 Å². The number of rotatable bonds is 5. The van der Waals surface area contributed by atoms with Crippen molar-refractivity contribution < 1.29 is 24.2 Å². The molecule has 0 fully saturated rings. The van der Waals surface area contributed by atoms with Crippen molar-refractivity contribution in [2.24, 2.45) is 0 Å². The number of benzene rings is 1. The van der Waals surface area contributed by atoms with Crippen molar-refractivity contribution in [1.29, 1.82) is 0 Å². The van der Waals surface area contributed by atoms with Gasteiger partial charge in [0.2, 0.25) is 0 Å². The normalized spacial score (nSPS) is 14.5. The monoisotopic (exact) mass is 356 g/mol. The van der Waals surface area contributed by atoms with Crippen molar-refractivity contribution in [3.63, 3.8) is 0 Å². The van der Waals surface area contributed by atoms with Gasteiger partial charge in [-0.3, -0.25) is 9.59 Å². The molecule has 1 unspecified atom stereocenters. The molecule has 1 atom stereocenters. The summed E-state index contributed by atoms with van der Waals surface area (Å²) in [4.78, 5) is 39.4. The van der Waals surface area contributed by atoms with Crippen molar-refractivity contribution in [3.8, 4) is 5.75 Å². The van der Waals surface area contributed by atoms with Gasteiger partial charge in [-0.05, 0) is 43.0 Å². The molecule has 0 saturated carbocycles. The summed E-state index contributed by atoms with van der Waals surface area (Å²) in [6, 6.07) is 5.25. The minimum absolute atomic E-state index is 0.0176. The van der Waals surface area contributed by atoms with E-state index in [0.29, 0.717) is 35.3 Å². The fourth-order valence-electron chi connectivity index (χ4n) is 3.29. The summed E-state index contributed by atoms with van der Waals surface area (Å²) in [5, 5.41) is 12.0. The lowest BCUT2D eigenvalue weighted by Crippen LogP contribution is -2.34. The third-order valence-corrected chi connectivity index (χ3v) is 4.64. The summed E-state index contributed by atoms with van der Waals surface area (Å²) in [6.45, 7) is 1.70. The molecule has 3 rings (SSSR count). The van der Waals surface area contributed by atoms with Crippen molar-refractivity contribution in [2.45, 2.75) is 32.2 Å². The minimum atomic E-state index is -1.20. The number of fused-ring (bicyclic) bond motifs is 1. The first-order chi connectivity index (χ1) is 12.4. The van der Waals surface area contributed by atoms with Crippen LogP contribution in [0.2, 0.25) is 0 Å². The lowest BCUT2D eigenvalue weighted by molar-refractivity contribution is -0.139. The van der Waals surface area contributed by atoms with Crippen LogP contribution < -0.4 is 10.1 Å². The van der Waals surface area contributed by atoms with Crippen LogP contribution in [-0.4, -0.2) is 34.9 Å². The molecule has 7 heteroatoms. The minimum Gasteiger partial charge on any atom is -0.497 e. The highest BCUT2D eigenvalue weighted by molar-refractivity contribution is 6.04. The Morgan fingerprint density at radius 2 is 1.92 bits per heavy atom. The maximum absolute atomic E-state index is 12.7. The number of aliphatic carboxylic acids is 1. The molecule has 7 nitrogen and oxygen atoms in total. The number of H-pyrrole nitrogens is 1. The van der Waals surface area contributed by atoms with E-state index in [4.69, 9.17) is 4.74 Å². The Labute approximate surface area is 150 Å². The first kappa shape index (κ1) is 17.7. The number of ether oxygens (including phenoxy) is 1.